The Morgan fingerprint density at radius 3 is 2.47 bits per heavy atom. The highest BCUT2D eigenvalue weighted by molar-refractivity contribution is 9.10. The van der Waals surface area contributed by atoms with Crippen LogP contribution < -0.4 is 5.32 Å². The van der Waals surface area contributed by atoms with E-state index in [-0.39, 0.29) is 6.04 Å². The summed E-state index contributed by atoms with van der Waals surface area (Å²) in [5, 5.41) is 5.56. The molecule has 0 amide bonds. The number of hydrogen-bond donors (Lipinski definition) is 1. The summed E-state index contributed by atoms with van der Waals surface area (Å²) in [6.07, 6.45) is 0. The molecule has 4 heteroatoms. The molecule has 17 heavy (non-hydrogen) atoms. The molecule has 1 atom stereocenters. The zero-order valence-corrected chi connectivity index (χ0v) is 12.5. The van der Waals surface area contributed by atoms with Crippen molar-refractivity contribution in [1.29, 1.82) is 0 Å². The molecule has 1 N–H and O–H groups in total. The van der Waals surface area contributed by atoms with Crippen LogP contribution in [0.3, 0.4) is 0 Å². The smallest absolute Gasteiger partial charge is 0.0795 e. The molecule has 0 bridgehead atoms. The van der Waals surface area contributed by atoms with Crippen LogP contribution in [0.1, 0.15) is 29.8 Å². The summed E-state index contributed by atoms with van der Waals surface area (Å²) in [5.41, 5.74) is 6.60. The maximum atomic E-state index is 4.32. The summed E-state index contributed by atoms with van der Waals surface area (Å²) in [6.45, 7) is 6.34. The third kappa shape index (κ3) is 2.87. The molecule has 2 aromatic rings. The molecule has 1 aromatic carbocycles. The van der Waals surface area contributed by atoms with Gasteiger partial charge in [0.15, 0.2) is 0 Å². The topological polar surface area (TPSA) is 24.9 Å². The molecule has 90 valence electrons. The molecule has 0 radical (unpaired) electrons. The zero-order valence-electron chi connectivity index (χ0n) is 10.1. The normalized spacial score (nSPS) is 12.5. The van der Waals surface area contributed by atoms with E-state index in [4.69, 9.17) is 0 Å². The van der Waals surface area contributed by atoms with Gasteiger partial charge in [-0.25, -0.2) is 4.98 Å². The molecule has 1 heterocycles. The second-order valence-electron chi connectivity index (χ2n) is 4.20. The van der Waals surface area contributed by atoms with Gasteiger partial charge in [-0.3, -0.25) is 0 Å². The largest absolute Gasteiger partial charge is 0.377 e. The van der Waals surface area contributed by atoms with Crippen LogP contribution in [0.5, 0.6) is 0 Å². The van der Waals surface area contributed by atoms with Gasteiger partial charge >= 0.3 is 0 Å². The van der Waals surface area contributed by atoms with Gasteiger partial charge in [0.05, 0.1) is 17.2 Å². The summed E-state index contributed by atoms with van der Waals surface area (Å²) >= 11 is 5.21. The van der Waals surface area contributed by atoms with E-state index >= 15 is 0 Å². The Bertz CT molecular complexity index is 485. The fourth-order valence-corrected chi connectivity index (χ4v) is 2.67. The molecule has 1 unspecified atom stereocenters. The maximum absolute atomic E-state index is 4.32. The average molecular weight is 311 g/mol. The standard InChI is InChI=1S/C13H15BrN2S/c1-8-4-11(5-9(2)13(8)14)16-10(3)12-6-17-7-15-12/h4-7,10,16H,1-3H3. The van der Waals surface area contributed by atoms with Crippen molar-refractivity contribution in [2.75, 3.05) is 5.32 Å². The van der Waals surface area contributed by atoms with Gasteiger partial charge in [-0.05, 0) is 44.0 Å². The van der Waals surface area contributed by atoms with E-state index < -0.39 is 0 Å². The van der Waals surface area contributed by atoms with Crippen LogP contribution in [-0.4, -0.2) is 4.98 Å². The minimum atomic E-state index is 0.237. The van der Waals surface area contributed by atoms with Gasteiger partial charge in [0.25, 0.3) is 0 Å². The fourth-order valence-electron chi connectivity index (χ4n) is 1.79. The van der Waals surface area contributed by atoms with Crippen LogP contribution >= 0.6 is 27.3 Å². The van der Waals surface area contributed by atoms with Gasteiger partial charge in [0.1, 0.15) is 0 Å². The van der Waals surface area contributed by atoms with Crippen LogP contribution in [0.2, 0.25) is 0 Å². The van der Waals surface area contributed by atoms with Gasteiger partial charge in [0.2, 0.25) is 0 Å². The first kappa shape index (κ1) is 12.6. The van der Waals surface area contributed by atoms with Gasteiger partial charge in [-0.1, -0.05) is 15.9 Å². The Labute approximate surface area is 114 Å². The Kier molecular flexibility index (Phi) is 3.84. The van der Waals surface area contributed by atoms with E-state index in [0.29, 0.717) is 0 Å². The van der Waals surface area contributed by atoms with Crippen molar-refractivity contribution in [3.05, 3.63) is 44.3 Å². The predicted molar refractivity (Wildman–Crippen MR) is 77.8 cm³/mol. The third-order valence-electron chi connectivity index (χ3n) is 2.71. The Balaban J connectivity index is 2.19. The van der Waals surface area contributed by atoms with E-state index in [1.165, 1.54) is 15.6 Å². The van der Waals surface area contributed by atoms with Gasteiger partial charge in [-0.15, -0.1) is 11.3 Å². The summed E-state index contributed by atoms with van der Waals surface area (Å²) in [6, 6.07) is 4.54. The first-order valence-electron chi connectivity index (χ1n) is 5.49. The van der Waals surface area contributed by atoms with E-state index in [9.17, 15) is 0 Å². The number of aromatic nitrogens is 1. The molecule has 0 saturated carbocycles. The number of thiazole rings is 1. The number of anilines is 1. The van der Waals surface area contributed by atoms with Crippen molar-refractivity contribution in [2.45, 2.75) is 26.8 Å². The number of halogens is 1. The Hall–Kier alpha value is -0.870. The molecule has 1 aromatic heterocycles. The van der Waals surface area contributed by atoms with Crippen molar-refractivity contribution in [1.82, 2.24) is 4.98 Å². The quantitative estimate of drug-likeness (QED) is 0.889. The lowest BCUT2D eigenvalue weighted by Gasteiger charge is -2.15. The van der Waals surface area contributed by atoms with Gasteiger partial charge < -0.3 is 5.32 Å². The van der Waals surface area contributed by atoms with Crippen molar-refractivity contribution in [3.8, 4) is 0 Å². The predicted octanol–water partition coefficient (Wildman–Crippen LogP) is 4.70. The lowest BCUT2D eigenvalue weighted by atomic mass is 10.1. The minimum absolute atomic E-state index is 0.237. The molecule has 0 spiro atoms. The average Bonchev–Trinajstić information content (AvgIpc) is 2.79. The molecular formula is C13H15BrN2S. The molecule has 2 nitrogen and oxygen atoms in total. The Morgan fingerprint density at radius 1 is 1.29 bits per heavy atom. The number of hydrogen-bond acceptors (Lipinski definition) is 3. The third-order valence-corrected chi connectivity index (χ3v) is 4.57. The molecule has 0 aliphatic heterocycles. The zero-order chi connectivity index (χ0) is 12.4. The molecule has 0 aliphatic rings. The summed E-state index contributed by atoms with van der Waals surface area (Å²) in [5.74, 6) is 0. The maximum Gasteiger partial charge on any atom is 0.0795 e. The molecule has 0 aliphatic carbocycles. The van der Waals surface area contributed by atoms with Crippen LogP contribution in [-0.2, 0) is 0 Å². The number of nitrogens with zero attached hydrogens (tertiary/aromatic N) is 1. The van der Waals surface area contributed by atoms with E-state index in [1.807, 2.05) is 5.51 Å². The molecule has 2 rings (SSSR count). The van der Waals surface area contributed by atoms with E-state index in [2.05, 4.69) is 64.5 Å². The molecular weight excluding hydrogens is 296 g/mol. The SMILES string of the molecule is Cc1cc(NC(C)c2cscn2)cc(C)c1Br. The monoisotopic (exact) mass is 310 g/mol. The Morgan fingerprint density at radius 2 is 1.94 bits per heavy atom. The van der Waals surface area contributed by atoms with Gasteiger partial charge in [0, 0.05) is 15.5 Å². The highest BCUT2D eigenvalue weighted by Gasteiger charge is 2.08. The summed E-state index contributed by atoms with van der Waals surface area (Å²) in [4.78, 5) is 4.32. The van der Waals surface area contributed by atoms with E-state index in [1.54, 1.807) is 11.3 Å². The minimum Gasteiger partial charge on any atom is -0.377 e. The number of rotatable bonds is 3. The summed E-state index contributed by atoms with van der Waals surface area (Å²) in [7, 11) is 0. The van der Waals surface area contributed by atoms with Gasteiger partial charge in [-0.2, -0.15) is 0 Å². The van der Waals surface area contributed by atoms with Crippen LogP contribution in [0.25, 0.3) is 0 Å². The fraction of sp³-hybridized carbons (Fsp3) is 0.308. The molecule has 0 saturated heterocycles. The first-order chi connectivity index (χ1) is 8.08. The second kappa shape index (κ2) is 5.19. The number of nitrogens with one attached hydrogen (secondary N) is 1. The van der Waals surface area contributed by atoms with Crippen molar-refractivity contribution in [2.24, 2.45) is 0 Å². The van der Waals surface area contributed by atoms with E-state index in [0.717, 1.165) is 11.4 Å². The summed E-state index contributed by atoms with van der Waals surface area (Å²) < 4.78 is 1.18. The molecule has 0 fully saturated rings. The second-order valence-corrected chi connectivity index (χ2v) is 5.72. The highest BCUT2D eigenvalue weighted by Crippen LogP contribution is 2.27. The lowest BCUT2D eigenvalue weighted by Crippen LogP contribution is -2.07. The lowest BCUT2D eigenvalue weighted by molar-refractivity contribution is 0.849. The van der Waals surface area contributed by atoms with Crippen LogP contribution in [0, 0.1) is 13.8 Å². The van der Waals surface area contributed by atoms with Crippen LogP contribution in [0.4, 0.5) is 5.69 Å². The van der Waals surface area contributed by atoms with Crippen molar-refractivity contribution in [3.63, 3.8) is 0 Å². The van der Waals surface area contributed by atoms with Crippen LogP contribution in [0.15, 0.2) is 27.5 Å². The van der Waals surface area contributed by atoms with Crippen molar-refractivity contribution >= 4 is 33.0 Å². The van der Waals surface area contributed by atoms with Crippen molar-refractivity contribution < 1.29 is 0 Å². The first-order valence-corrected chi connectivity index (χ1v) is 7.23. The number of aryl methyl sites for hydroxylation is 2. The highest BCUT2D eigenvalue weighted by atomic mass is 79.9. The number of benzene rings is 1.